The third-order valence-corrected chi connectivity index (χ3v) is 1.95. The first kappa shape index (κ1) is 13.3. The lowest BCUT2D eigenvalue weighted by molar-refractivity contribution is 0.385. The molecule has 0 aromatic carbocycles. The van der Waals surface area contributed by atoms with Gasteiger partial charge in [0.15, 0.2) is 11.6 Å². The molecular weight excluding hydrogens is 220 g/mol. The summed E-state index contributed by atoms with van der Waals surface area (Å²) in [5.74, 6) is 3.21. The van der Waals surface area contributed by atoms with Crippen molar-refractivity contribution in [1.29, 1.82) is 0 Å². The van der Waals surface area contributed by atoms with Crippen LogP contribution in [0.2, 0.25) is 0 Å². The maximum atomic E-state index is 4.76. The van der Waals surface area contributed by atoms with Gasteiger partial charge in [0.05, 0.1) is 0 Å². The predicted octanol–water partition coefficient (Wildman–Crippen LogP) is 2.44. The standard InChI is InChI=1S/C6H10N2O.C5H8N2O/c1-4(2)6-7-5(3)9-8-6;1-3-5-6-4(2)8-7-5/h4H,1-3H3;3H2,1-2H3. The van der Waals surface area contributed by atoms with E-state index in [-0.39, 0.29) is 0 Å². The van der Waals surface area contributed by atoms with Crippen LogP contribution in [0.3, 0.4) is 0 Å². The van der Waals surface area contributed by atoms with Gasteiger partial charge in [0.1, 0.15) is 0 Å². The maximum Gasteiger partial charge on any atom is 0.223 e. The SMILES string of the molecule is CCc1noc(C)n1.Cc1nc(C(C)C)no1. The van der Waals surface area contributed by atoms with Gasteiger partial charge in [-0.25, -0.2) is 0 Å². The first-order valence-electron chi connectivity index (χ1n) is 5.62. The van der Waals surface area contributed by atoms with Gasteiger partial charge in [0.25, 0.3) is 0 Å². The zero-order valence-electron chi connectivity index (χ0n) is 10.9. The van der Waals surface area contributed by atoms with Crippen LogP contribution in [0.25, 0.3) is 0 Å². The average molecular weight is 238 g/mol. The van der Waals surface area contributed by atoms with E-state index in [1.165, 1.54) is 0 Å². The summed E-state index contributed by atoms with van der Waals surface area (Å²) in [5, 5.41) is 7.38. The molecule has 0 radical (unpaired) electrons. The molecule has 0 aliphatic carbocycles. The van der Waals surface area contributed by atoms with E-state index >= 15 is 0 Å². The number of aryl methyl sites for hydroxylation is 3. The summed E-state index contributed by atoms with van der Waals surface area (Å²) in [6, 6.07) is 0. The zero-order chi connectivity index (χ0) is 12.8. The van der Waals surface area contributed by atoms with E-state index in [0.29, 0.717) is 17.7 Å². The smallest absolute Gasteiger partial charge is 0.223 e. The molecule has 0 aliphatic heterocycles. The summed E-state index contributed by atoms with van der Waals surface area (Å²) >= 11 is 0. The molecule has 17 heavy (non-hydrogen) atoms. The lowest BCUT2D eigenvalue weighted by Crippen LogP contribution is -1.88. The number of hydrogen-bond donors (Lipinski definition) is 0. The summed E-state index contributed by atoms with van der Waals surface area (Å²) in [5.41, 5.74) is 0. The second-order valence-electron chi connectivity index (χ2n) is 3.91. The highest BCUT2D eigenvalue weighted by Crippen LogP contribution is 2.08. The summed E-state index contributed by atoms with van der Waals surface area (Å²) in [4.78, 5) is 7.98. The highest BCUT2D eigenvalue weighted by atomic mass is 16.5. The number of rotatable bonds is 2. The van der Waals surface area contributed by atoms with E-state index < -0.39 is 0 Å². The second-order valence-corrected chi connectivity index (χ2v) is 3.91. The molecule has 0 amide bonds. The lowest BCUT2D eigenvalue weighted by atomic mass is 10.2. The van der Waals surface area contributed by atoms with Crippen molar-refractivity contribution in [1.82, 2.24) is 20.3 Å². The molecule has 2 aromatic heterocycles. The molecule has 0 spiro atoms. The Bertz CT molecular complexity index is 448. The summed E-state index contributed by atoms with van der Waals surface area (Å²) in [7, 11) is 0. The van der Waals surface area contributed by atoms with E-state index in [2.05, 4.69) is 20.3 Å². The van der Waals surface area contributed by atoms with Gasteiger partial charge in [-0.05, 0) is 0 Å². The molecule has 0 unspecified atom stereocenters. The fourth-order valence-corrected chi connectivity index (χ4v) is 1.03. The predicted molar refractivity (Wildman–Crippen MR) is 61.5 cm³/mol. The number of hydrogen-bond acceptors (Lipinski definition) is 6. The monoisotopic (exact) mass is 238 g/mol. The van der Waals surface area contributed by atoms with Gasteiger partial charge in [-0.3, -0.25) is 0 Å². The molecule has 0 fully saturated rings. The fraction of sp³-hybridized carbons (Fsp3) is 0.636. The Balaban J connectivity index is 0.000000171. The van der Waals surface area contributed by atoms with Crippen LogP contribution >= 0.6 is 0 Å². The number of aromatic nitrogens is 4. The Morgan fingerprint density at radius 2 is 1.59 bits per heavy atom. The van der Waals surface area contributed by atoms with Crippen molar-refractivity contribution in [3.05, 3.63) is 23.4 Å². The second kappa shape index (κ2) is 6.12. The topological polar surface area (TPSA) is 77.8 Å². The molecule has 0 saturated heterocycles. The third kappa shape index (κ3) is 4.34. The van der Waals surface area contributed by atoms with Crippen molar-refractivity contribution in [2.24, 2.45) is 0 Å². The Hall–Kier alpha value is -1.72. The van der Waals surface area contributed by atoms with Crippen LogP contribution in [0.15, 0.2) is 9.05 Å². The van der Waals surface area contributed by atoms with Gasteiger partial charge in [-0.15, -0.1) is 0 Å². The molecule has 2 aromatic rings. The van der Waals surface area contributed by atoms with Crippen molar-refractivity contribution < 1.29 is 9.05 Å². The van der Waals surface area contributed by atoms with Crippen LogP contribution in [0.1, 0.15) is 50.1 Å². The molecule has 0 atom stereocenters. The molecular formula is C11H18N4O2. The van der Waals surface area contributed by atoms with Crippen molar-refractivity contribution >= 4 is 0 Å². The quantitative estimate of drug-likeness (QED) is 0.799. The van der Waals surface area contributed by atoms with Crippen LogP contribution in [0.5, 0.6) is 0 Å². The molecule has 0 N–H and O–H groups in total. The van der Waals surface area contributed by atoms with E-state index in [1.54, 1.807) is 13.8 Å². The summed E-state index contributed by atoms with van der Waals surface area (Å²) in [6.07, 6.45) is 0.845. The largest absolute Gasteiger partial charge is 0.340 e. The Morgan fingerprint density at radius 3 is 1.82 bits per heavy atom. The highest BCUT2D eigenvalue weighted by molar-refractivity contribution is 4.89. The minimum atomic E-state index is 0.363. The van der Waals surface area contributed by atoms with Gasteiger partial charge >= 0.3 is 0 Å². The molecule has 0 aliphatic rings. The minimum absolute atomic E-state index is 0.363. The Morgan fingerprint density at radius 1 is 1.00 bits per heavy atom. The van der Waals surface area contributed by atoms with E-state index in [1.807, 2.05) is 20.8 Å². The first-order chi connectivity index (χ1) is 8.02. The summed E-state index contributed by atoms with van der Waals surface area (Å²) < 4.78 is 9.46. The molecule has 2 rings (SSSR count). The number of nitrogens with zero attached hydrogens (tertiary/aromatic N) is 4. The van der Waals surface area contributed by atoms with Crippen LogP contribution < -0.4 is 0 Å². The fourth-order valence-electron chi connectivity index (χ4n) is 1.03. The van der Waals surface area contributed by atoms with Gasteiger partial charge < -0.3 is 9.05 Å². The Kier molecular flexibility index (Phi) is 4.81. The van der Waals surface area contributed by atoms with Crippen molar-refractivity contribution in [2.45, 2.75) is 47.0 Å². The lowest BCUT2D eigenvalue weighted by Gasteiger charge is -1.90. The Labute approximate surface area is 100 Å². The normalized spacial score (nSPS) is 10.2. The van der Waals surface area contributed by atoms with E-state index in [4.69, 9.17) is 9.05 Å². The van der Waals surface area contributed by atoms with Crippen LogP contribution in [-0.4, -0.2) is 20.3 Å². The van der Waals surface area contributed by atoms with Crippen molar-refractivity contribution in [2.75, 3.05) is 0 Å². The van der Waals surface area contributed by atoms with Gasteiger partial charge in [0, 0.05) is 26.2 Å². The van der Waals surface area contributed by atoms with Crippen LogP contribution in [0.4, 0.5) is 0 Å². The molecule has 6 nitrogen and oxygen atoms in total. The van der Waals surface area contributed by atoms with Gasteiger partial charge in [0.2, 0.25) is 11.8 Å². The van der Waals surface area contributed by atoms with E-state index in [9.17, 15) is 0 Å². The minimum Gasteiger partial charge on any atom is -0.340 e. The highest BCUT2D eigenvalue weighted by Gasteiger charge is 2.04. The average Bonchev–Trinajstić information content (AvgIpc) is 2.88. The van der Waals surface area contributed by atoms with Crippen LogP contribution in [-0.2, 0) is 6.42 Å². The van der Waals surface area contributed by atoms with Crippen molar-refractivity contribution in [3.63, 3.8) is 0 Å². The maximum absolute atomic E-state index is 4.76. The molecule has 2 heterocycles. The van der Waals surface area contributed by atoms with E-state index in [0.717, 1.165) is 18.1 Å². The van der Waals surface area contributed by atoms with Gasteiger partial charge in [-0.2, -0.15) is 9.97 Å². The molecule has 94 valence electrons. The molecule has 0 saturated carbocycles. The van der Waals surface area contributed by atoms with Gasteiger partial charge in [-0.1, -0.05) is 31.1 Å². The van der Waals surface area contributed by atoms with Crippen LogP contribution in [0, 0.1) is 13.8 Å². The first-order valence-corrected chi connectivity index (χ1v) is 5.62. The third-order valence-electron chi connectivity index (χ3n) is 1.95. The molecule has 0 bridgehead atoms. The zero-order valence-corrected chi connectivity index (χ0v) is 10.9. The summed E-state index contributed by atoms with van der Waals surface area (Å²) in [6.45, 7) is 9.63. The van der Waals surface area contributed by atoms with Crippen molar-refractivity contribution in [3.8, 4) is 0 Å². The molecule has 6 heteroatoms.